The third-order valence-electron chi connectivity index (χ3n) is 8.39. The minimum Gasteiger partial charge on any atom is -0.496 e. The molecule has 0 saturated heterocycles. The summed E-state index contributed by atoms with van der Waals surface area (Å²) in [5, 5.41) is 4.58. The fourth-order valence-corrected chi connectivity index (χ4v) is 7.51. The Kier molecular flexibility index (Phi) is 5.54. The van der Waals surface area contributed by atoms with Gasteiger partial charge in [-0.1, -0.05) is 102 Å². The average molecular weight is 551 g/mol. The molecule has 1 aliphatic heterocycles. The van der Waals surface area contributed by atoms with Crippen LogP contribution < -0.4 is 19.6 Å². The molecule has 41 heavy (non-hydrogen) atoms. The maximum Gasteiger partial charge on any atom is 0.271 e. The lowest BCUT2D eigenvalue weighted by Crippen LogP contribution is -2.39. The number of aryl methyl sites for hydroxylation is 1. The second-order valence-electron chi connectivity index (χ2n) is 10.6. The van der Waals surface area contributed by atoms with Crippen LogP contribution in [0.5, 0.6) is 5.75 Å². The largest absolute Gasteiger partial charge is 0.496 e. The molecule has 198 valence electrons. The van der Waals surface area contributed by atoms with Gasteiger partial charge >= 0.3 is 0 Å². The molecule has 6 aromatic rings. The Hall–Kier alpha value is -4.74. The van der Waals surface area contributed by atoms with Gasteiger partial charge in [-0.05, 0) is 69.3 Å². The summed E-state index contributed by atoms with van der Waals surface area (Å²) in [6, 6.07) is 35.3. The van der Waals surface area contributed by atoms with E-state index in [0.717, 1.165) is 67.3 Å². The van der Waals surface area contributed by atoms with Crippen LogP contribution >= 0.6 is 11.3 Å². The van der Waals surface area contributed by atoms with Crippen molar-refractivity contribution in [1.29, 1.82) is 0 Å². The van der Waals surface area contributed by atoms with Crippen LogP contribution in [0.3, 0.4) is 0 Å². The third-order valence-corrected chi connectivity index (χ3v) is 9.38. The van der Waals surface area contributed by atoms with Crippen molar-refractivity contribution in [2.45, 2.75) is 18.9 Å². The number of ether oxygens (including phenoxy) is 1. The Labute approximate surface area is 240 Å². The molecule has 5 aromatic carbocycles. The maximum atomic E-state index is 14.4. The zero-order valence-corrected chi connectivity index (χ0v) is 23.3. The van der Waals surface area contributed by atoms with E-state index in [1.54, 1.807) is 7.11 Å². The predicted molar refractivity (Wildman–Crippen MR) is 167 cm³/mol. The zero-order valence-electron chi connectivity index (χ0n) is 22.5. The van der Waals surface area contributed by atoms with Crippen LogP contribution in [-0.2, 0) is 6.42 Å². The van der Waals surface area contributed by atoms with Crippen LogP contribution in [0, 0.1) is 0 Å². The molecule has 1 atom stereocenters. The number of para-hydroxylation sites is 1. The Morgan fingerprint density at radius 2 is 1.54 bits per heavy atom. The van der Waals surface area contributed by atoms with Crippen LogP contribution in [0.4, 0.5) is 0 Å². The summed E-state index contributed by atoms with van der Waals surface area (Å²) in [5.74, 6) is 0.778. The standard InChI is InChI=1S/C36H26N2O2S/c1-40-31-17-9-8-16-28(31)34-29-19-18-22-10-2-7-15-27(22)33(29)37-36-38(34)35(39)32(41-36)21-30-25-13-5-3-11-23(25)20-24-12-4-6-14-26(24)30/h2-17,20-21,34H,18-19H2,1H3/b32-21-/t34-/m0/s1. The van der Waals surface area contributed by atoms with Crippen LogP contribution in [0.1, 0.15) is 34.7 Å². The lowest BCUT2D eigenvalue weighted by atomic mass is 9.83. The molecule has 8 rings (SSSR count). The van der Waals surface area contributed by atoms with E-state index in [-0.39, 0.29) is 11.6 Å². The molecule has 1 aromatic heterocycles. The monoisotopic (exact) mass is 550 g/mol. The number of fused-ring (bicyclic) bond motifs is 5. The number of benzene rings is 5. The molecular weight excluding hydrogens is 524 g/mol. The van der Waals surface area contributed by atoms with E-state index in [4.69, 9.17) is 9.73 Å². The first kappa shape index (κ1) is 24.1. The Bertz CT molecular complexity index is 2180. The number of rotatable bonds is 3. The zero-order chi connectivity index (χ0) is 27.5. The van der Waals surface area contributed by atoms with Crippen molar-refractivity contribution in [3.8, 4) is 5.75 Å². The van der Waals surface area contributed by atoms with Crippen LogP contribution in [0.2, 0.25) is 0 Å². The van der Waals surface area contributed by atoms with E-state index in [0.29, 0.717) is 4.53 Å². The molecule has 2 heterocycles. The summed E-state index contributed by atoms with van der Waals surface area (Å²) in [6.45, 7) is 0. The van der Waals surface area contributed by atoms with Gasteiger partial charge in [0.05, 0.1) is 23.4 Å². The Morgan fingerprint density at radius 1 is 0.854 bits per heavy atom. The van der Waals surface area contributed by atoms with Crippen LogP contribution in [-0.4, -0.2) is 11.7 Å². The Morgan fingerprint density at radius 3 is 2.32 bits per heavy atom. The highest BCUT2D eigenvalue weighted by molar-refractivity contribution is 7.07. The van der Waals surface area contributed by atoms with Crippen LogP contribution in [0.15, 0.2) is 118 Å². The van der Waals surface area contributed by atoms with E-state index in [1.807, 2.05) is 22.8 Å². The SMILES string of the molecule is COc1ccccc1[C@H]1C2=C(N=c3s/c(=C\c4c5ccccc5cc5ccccc45)c(=O)n31)c1ccccc1CC2. The highest BCUT2D eigenvalue weighted by Crippen LogP contribution is 2.43. The maximum absolute atomic E-state index is 14.4. The van der Waals surface area contributed by atoms with Gasteiger partial charge in [-0.25, -0.2) is 4.99 Å². The first-order valence-electron chi connectivity index (χ1n) is 13.9. The van der Waals surface area contributed by atoms with Crippen molar-refractivity contribution < 1.29 is 4.74 Å². The van der Waals surface area contributed by atoms with E-state index in [2.05, 4.69) is 91.0 Å². The molecular formula is C36H26N2O2S. The number of nitrogens with zero attached hydrogens (tertiary/aromatic N) is 2. The second-order valence-corrected chi connectivity index (χ2v) is 11.6. The van der Waals surface area contributed by atoms with Gasteiger partial charge in [-0.3, -0.25) is 9.36 Å². The second kappa shape index (κ2) is 9.43. The van der Waals surface area contributed by atoms with Crippen molar-refractivity contribution in [3.63, 3.8) is 0 Å². The van der Waals surface area contributed by atoms with Gasteiger partial charge in [0, 0.05) is 11.1 Å². The summed E-state index contributed by atoms with van der Waals surface area (Å²) >= 11 is 1.47. The van der Waals surface area contributed by atoms with Crippen molar-refractivity contribution in [1.82, 2.24) is 4.57 Å². The minimum absolute atomic E-state index is 0.0212. The van der Waals surface area contributed by atoms with Gasteiger partial charge in [0.15, 0.2) is 4.80 Å². The van der Waals surface area contributed by atoms with Gasteiger partial charge in [0.25, 0.3) is 5.56 Å². The number of hydrogen-bond donors (Lipinski definition) is 0. The number of aromatic nitrogens is 1. The summed E-state index contributed by atoms with van der Waals surface area (Å²) < 4.78 is 8.40. The number of methoxy groups -OCH3 is 1. The quantitative estimate of drug-likeness (QED) is 0.232. The molecule has 0 fully saturated rings. The summed E-state index contributed by atoms with van der Waals surface area (Å²) in [7, 11) is 1.69. The van der Waals surface area contributed by atoms with Gasteiger partial charge in [0.1, 0.15) is 5.75 Å². The van der Waals surface area contributed by atoms with Gasteiger partial charge < -0.3 is 4.74 Å². The smallest absolute Gasteiger partial charge is 0.271 e. The van der Waals surface area contributed by atoms with E-state index >= 15 is 0 Å². The molecule has 0 amide bonds. The number of hydrogen-bond acceptors (Lipinski definition) is 4. The fourth-order valence-electron chi connectivity index (χ4n) is 6.53. The molecule has 0 unspecified atom stereocenters. The highest BCUT2D eigenvalue weighted by atomic mass is 32.1. The first-order chi connectivity index (χ1) is 20.2. The first-order valence-corrected chi connectivity index (χ1v) is 14.7. The fraction of sp³-hybridized carbons (Fsp3) is 0.111. The van der Waals surface area contributed by atoms with Crippen molar-refractivity contribution >= 4 is 44.7 Å². The van der Waals surface area contributed by atoms with Gasteiger partial charge in [0.2, 0.25) is 0 Å². The molecule has 4 nitrogen and oxygen atoms in total. The summed E-state index contributed by atoms with van der Waals surface area (Å²) in [6.07, 6.45) is 3.84. The molecule has 5 heteroatoms. The Balaban J connectivity index is 1.45. The molecule has 0 bridgehead atoms. The normalized spacial score (nSPS) is 16.3. The van der Waals surface area contributed by atoms with Gasteiger partial charge in [-0.2, -0.15) is 0 Å². The summed E-state index contributed by atoms with van der Waals surface area (Å²) in [4.78, 5) is 20.3. The lowest BCUT2D eigenvalue weighted by molar-refractivity contribution is 0.402. The molecule has 2 aliphatic rings. The number of allylic oxidation sites excluding steroid dienone is 1. The van der Waals surface area contributed by atoms with E-state index in [9.17, 15) is 4.79 Å². The predicted octanol–water partition coefficient (Wildman–Crippen LogP) is 6.63. The van der Waals surface area contributed by atoms with Gasteiger partial charge in [-0.15, -0.1) is 0 Å². The molecule has 0 N–H and O–H groups in total. The minimum atomic E-state index is -0.280. The lowest BCUT2D eigenvalue weighted by Gasteiger charge is -2.31. The summed E-state index contributed by atoms with van der Waals surface area (Å²) in [5.41, 5.74) is 6.65. The van der Waals surface area contributed by atoms with Crippen molar-refractivity contribution in [3.05, 3.63) is 151 Å². The van der Waals surface area contributed by atoms with E-state index < -0.39 is 0 Å². The van der Waals surface area contributed by atoms with Crippen molar-refractivity contribution in [2.75, 3.05) is 7.11 Å². The third kappa shape index (κ3) is 3.73. The molecule has 1 aliphatic carbocycles. The van der Waals surface area contributed by atoms with E-state index in [1.165, 1.54) is 22.5 Å². The van der Waals surface area contributed by atoms with Crippen molar-refractivity contribution in [2.24, 2.45) is 4.99 Å². The highest BCUT2D eigenvalue weighted by Gasteiger charge is 2.34. The molecule has 0 saturated carbocycles. The molecule has 0 spiro atoms. The van der Waals surface area contributed by atoms with Crippen LogP contribution in [0.25, 0.3) is 33.3 Å². The molecule has 0 radical (unpaired) electrons. The average Bonchev–Trinajstić information content (AvgIpc) is 3.33. The topological polar surface area (TPSA) is 43.6 Å². The number of thiazole rings is 1.